The van der Waals surface area contributed by atoms with Crippen LogP contribution in [0, 0.1) is 5.92 Å². The van der Waals surface area contributed by atoms with Crippen molar-refractivity contribution in [3.8, 4) is 0 Å². The summed E-state index contributed by atoms with van der Waals surface area (Å²) in [6, 6.07) is 2.97. The van der Waals surface area contributed by atoms with Crippen LogP contribution in [-0.2, 0) is 6.54 Å². The predicted molar refractivity (Wildman–Crippen MR) is 79.5 cm³/mol. The van der Waals surface area contributed by atoms with E-state index in [0.29, 0.717) is 0 Å². The molecule has 1 heterocycles. The van der Waals surface area contributed by atoms with Gasteiger partial charge in [-0.15, -0.1) is 11.3 Å². The van der Waals surface area contributed by atoms with Gasteiger partial charge in [-0.25, -0.2) is 0 Å². The van der Waals surface area contributed by atoms with E-state index < -0.39 is 0 Å². The molecular formula is C14H22BrNS. The Hall–Kier alpha value is 0.140. The topological polar surface area (TPSA) is 12.0 Å². The second kappa shape index (κ2) is 6.91. The Morgan fingerprint density at radius 1 is 1.35 bits per heavy atom. The molecule has 0 atom stereocenters. The normalized spacial score (nSPS) is 25.1. The van der Waals surface area contributed by atoms with Crippen molar-refractivity contribution >= 4 is 27.3 Å². The minimum absolute atomic E-state index is 0.752. The summed E-state index contributed by atoms with van der Waals surface area (Å²) in [6.07, 6.45) is 8.39. The number of thiophene rings is 1. The fourth-order valence-corrected chi connectivity index (χ4v) is 3.97. The van der Waals surface area contributed by atoms with Gasteiger partial charge < -0.3 is 5.32 Å². The van der Waals surface area contributed by atoms with Crippen LogP contribution in [0.5, 0.6) is 0 Å². The van der Waals surface area contributed by atoms with Crippen molar-refractivity contribution in [2.45, 2.75) is 58.0 Å². The Morgan fingerprint density at radius 3 is 2.71 bits per heavy atom. The van der Waals surface area contributed by atoms with Crippen LogP contribution >= 0.6 is 27.3 Å². The predicted octanol–water partition coefficient (Wildman–Crippen LogP) is 4.96. The lowest BCUT2D eigenvalue weighted by Gasteiger charge is -2.29. The Bertz CT molecular complexity index is 329. The summed E-state index contributed by atoms with van der Waals surface area (Å²) in [5.41, 5.74) is 1.41. The summed E-state index contributed by atoms with van der Waals surface area (Å²) in [4.78, 5) is 0. The number of halogens is 1. The largest absolute Gasteiger partial charge is 0.310 e. The molecule has 0 unspecified atom stereocenters. The van der Waals surface area contributed by atoms with Crippen molar-refractivity contribution in [3.05, 3.63) is 20.8 Å². The van der Waals surface area contributed by atoms with E-state index in [0.717, 1.165) is 18.5 Å². The van der Waals surface area contributed by atoms with Gasteiger partial charge in [0.25, 0.3) is 0 Å². The van der Waals surface area contributed by atoms with Gasteiger partial charge in [0.15, 0.2) is 0 Å². The molecule has 0 amide bonds. The molecule has 96 valence electrons. The lowest BCUT2D eigenvalue weighted by molar-refractivity contribution is 0.277. The molecule has 0 saturated heterocycles. The smallest absolute Gasteiger partial charge is 0.0701 e. The minimum atomic E-state index is 0.752. The monoisotopic (exact) mass is 315 g/mol. The molecule has 1 aliphatic rings. The van der Waals surface area contributed by atoms with E-state index in [4.69, 9.17) is 0 Å². The molecule has 1 saturated carbocycles. The Labute approximate surface area is 117 Å². The number of rotatable bonds is 5. The lowest BCUT2D eigenvalue weighted by Crippen LogP contribution is -2.32. The van der Waals surface area contributed by atoms with Gasteiger partial charge >= 0.3 is 0 Å². The Balaban J connectivity index is 1.68. The first-order chi connectivity index (χ1) is 8.28. The third kappa shape index (κ3) is 4.38. The maximum absolute atomic E-state index is 3.70. The van der Waals surface area contributed by atoms with Gasteiger partial charge in [-0.1, -0.05) is 19.8 Å². The molecule has 3 heteroatoms. The highest BCUT2D eigenvalue weighted by Gasteiger charge is 2.19. The molecule has 1 N–H and O–H groups in total. The average Bonchev–Trinajstić information content (AvgIpc) is 2.75. The fourth-order valence-electron chi connectivity index (χ4n) is 2.76. The van der Waals surface area contributed by atoms with Crippen molar-refractivity contribution in [1.82, 2.24) is 5.32 Å². The SMILES string of the molecule is CCCC1CCC(NCc2csc(Br)c2)CC1. The summed E-state index contributed by atoms with van der Waals surface area (Å²) in [7, 11) is 0. The summed E-state index contributed by atoms with van der Waals surface area (Å²) in [6.45, 7) is 3.34. The van der Waals surface area contributed by atoms with Gasteiger partial charge in [0.2, 0.25) is 0 Å². The van der Waals surface area contributed by atoms with Gasteiger partial charge in [-0.3, -0.25) is 0 Å². The van der Waals surface area contributed by atoms with Gasteiger partial charge in [0.1, 0.15) is 0 Å². The molecule has 0 spiro atoms. The van der Waals surface area contributed by atoms with Gasteiger partial charge in [0, 0.05) is 12.6 Å². The maximum atomic E-state index is 3.70. The Morgan fingerprint density at radius 2 is 2.12 bits per heavy atom. The summed E-state index contributed by atoms with van der Waals surface area (Å²) < 4.78 is 1.24. The molecule has 1 nitrogen and oxygen atoms in total. The average molecular weight is 316 g/mol. The van der Waals surface area contributed by atoms with Crippen LogP contribution in [0.2, 0.25) is 0 Å². The summed E-state index contributed by atoms with van der Waals surface area (Å²) in [5.74, 6) is 1.01. The van der Waals surface area contributed by atoms with Crippen molar-refractivity contribution in [2.75, 3.05) is 0 Å². The van der Waals surface area contributed by atoms with Crippen LogP contribution < -0.4 is 5.32 Å². The second-order valence-electron chi connectivity index (χ2n) is 5.15. The highest BCUT2D eigenvalue weighted by Crippen LogP contribution is 2.28. The first kappa shape index (κ1) is 13.6. The second-order valence-corrected chi connectivity index (χ2v) is 7.44. The van der Waals surface area contributed by atoms with E-state index in [9.17, 15) is 0 Å². The first-order valence-corrected chi connectivity index (χ1v) is 8.41. The zero-order valence-electron chi connectivity index (χ0n) is 10.5. The van der Waals surface area contributed by atoms with Crippen LogP contribution in [0.4, 0.5) is 0 Å². The molecule has 17 heavy (non-hydrogen) atoms. The highest BCUT2D eigenvalue weighted by molar-refractivity contribution is 9.11. The summed E-state index contributed by atoms with van der Waals surface area (Å²) in [5, 5.41) is 5.94. The van der Waals surface area contributed by atoms with Crippen molar-refractivity contribution < 1.29 is 0 Å². The van der Waals surface area contributed by atoms with E-state index in [1.54, 1.807) is 11.3 Å². The van der Waals surface area contributed by atoms with E-state index >= 15 is 0 Å². The quantitative estimate of drug-likeness (QED) is 0.809. The molecule has 0 aliphatic heterocycles. The van der Waals surface area contributed by atoms with E-state index in [-0.39, 0.29) is 0 Å². The van der Waals surface area contributed by atoms with Crippen LogP contribution in [0.25, 0.3) is 0 Å². The van der Waals surface area contributed by atoms with Crippen LogP contribution in [-0.4, -0.2) is 6.04 Å². The van der Waals surface area contributed by atoms with Crippen LogP contribution in [0.15, 0.2) is 15.2 Å². The lowest BCUT2D eigenvalue weighted by atomic mass is 9.83. The standard InChI is InChI=1S/C14H22BrNS/c1-2-3-11-4-6-13(7-5-11)16-9-12-8-14(15)17-10-12/h8,10-11,13,16H,2-7,9H2,1H3. The van der Waals surface area contributed by atoms with Gasteiger partial charge in [-0.05, 0) is 64.5 Å². The van der Waals surface area contributed by atoms with Crippen LogP contribution in [0.3, 0.4) is 0 Å². The zero-order valence-corrected chi connectivity index (χ0v) is 12.9. The van der Waals surface area contributed by atoms with E-state index in [1.807, 2.05) is 0 Å². The minimum Gasteiger partial charge on any atom is -0.310 e. The van der Waals surface area contributed by atoms with Crippen LogP contribution in [0.1, 0.15) is 51.0 Å². The molecule has 1 fully saturated rings. The van der Waals surface area contributed by atoms with Gasteiger partial charge in [0.05, 0.1) is 3.79 Å². The maximum Gasteiger partial charge on any atom is 0.0701 e. The number of hydrogen-bond acceptors (Lipinski definition) is 2. The third-order valence-electron chi connectivity index (χ3n) is 3.76. The van der Waals surface area contributed by atoms with Crippen molar-refractivity contribution in [1.29, 1.82) is 0 Å². The van der Waals surface area contributed by atoms with E-state index in [1.165, 1.54) is 47.9 Å². The summed E-state index contributed by atoms with van der Waals surface area (Å²) >= 11 is 5.29. The first-order valence-electron chi connectivity index (χ1n) is 6.74. The molecule has 2 rings (SSSR count). The molecule has 0 aromatic carbocycles. The molecule has 0 radical (unpaired) electrons. The molecular weight excluding hydrogens is 294 g/mol. The number of nitrogens with one attached hydrogen (secondary N) is 1. The number of hydrogen-bond donors (Lipinski definition) is 1. The third-order valence-corrected chi connectivity index (χ3v) is 5.31. The molecule has 1 aliphatic carbocycles. The van der Waals surface area contributed by atoms with Gasteiger partial charge in [-0.2, -0.15) is 0 Å². The Kier molecular flexibility index (Phi) is 5.51. The van der Waals surface area contributed by atoms with E-state index in [2.05, 4.69) is 39.6 Å². The fraction of sp³-hybridized carbons (Fsp3) is 0.714. The zero-order chi connectivity index (χ0) is 12.1. The molecule has 0 bridgehead atoms. The molecule has 1 aromatic rings. The van der Waals surface area contributed by atoms with Crippen molar-refractivity contribution in [3.63, 3.8) is 0 Å². The molecule has 1 aromatic heterocycles. The van der Waals surface area contributed by atoms with Crippen molar-refractivity contribution in [2.24, 2.45) is 5.92 Å². The highest BCUT2D eigenvalue weighted by atomic mass is 79.9.